The zero-order valence-electron chi connectivity index (χ0n) is 18.0. The summed E-state index contributed by atoms with van der Waals surface area (Å²) in [4.78, 5) is 25.7. The highest BCUT2D eigenvalue weighted by Gasteiger charge is 2.35. The number of ether oxygens (including phenoxy) is 3. The molecule has 1 saturated heterocycles. The second kappa shape index (κ2) is 9.05. The van der Waals surface area contributed by atoms with Crippen LogP contribution in [0.5, 0.6) is 11.8 Å². The maximum atomic E-state index is 12.0. The van der Waals surface area contributed by atoms with Gasteiger partial charge in [-0.1, -0.05) is 18.2 Å². The van der Waals surface area contributed by atoms with Crippen molar-refractivity contribution < 1.29 is 19.0 Å². The van der Waals surface area contributed by atoms with Crippen LogP contribution in [0.3, 0.4) is 0 Å². The van der Waals surface area contributed by atoms with Crippen molar-refractivity contribution in [2.75, 3.05) is 39.2 Å². The van der Waals surface area contributed by atoms with Crippen molar-refractivity contribution in [3.05, 3.63) is 30.1 Å². The van der Waals surface area contributed by atoms with Crippen molar-refractivity contribution in [3.8, 4) is 11.8 Å². The molecule has 4 rings (SSSR count). The number of anilines is 2. The number of amides is 1. The predicted molar refractivity (Wildman–Crippen MR) is 119 cm³/mol. The van der Waals surface area contributed by atoms with E-state index in [1.54, 1.807) is 36.1 Å². The van der Waals surface area contributed by atoms with E-state index in [0.29, 0.717) is 46.6 Å². The molecule has 2 N–H and O–H groups in total. The van der Waals surface area contributed by atoms with Crippen LogP contribution in [0, 0.1) is 5.92 Å². The molecule has 32 heavy (non-hydrogen) atoms. The van der Waals surface area contributed by atoms with Crippen molar-refractivity contribution in [2.45, 2.75) is 6.10 Å². The minimum absolute atomic E-state index is 0.0403. The number of nitrogens with one attached hydrogen (secondary N) is 2. The second-order valence-electron chi connectivity index (χ2n) is 7.36. The summed E-state index contributed by atoms with van der Waals surface area (Å²) in [6, 6.07) is 0. The van der Waals surface area contributed by atoms with E-state index in [2.05, 4.69) is 31.9 Å². The Morgan fingerprint density at radius 3 is 2.91 bits per heavy atom. The number of halogens is 1. The summed E-state index contributed by atoms with van der Waals surface area (Å²) in [7, 11) is 4.94. The van der Waals surface area contributed by atoms with Crippen LogP contribution in [0.2, 0.25) is 5.02 Å². The van der Waals surface area contributed by atoms with E-state index < -0.39 is 0 Å². The van der Waals surface area contributed by atoms with Crippen LogP contribution in [0.1, 0.15) is 0 Å². The lowest BCUT2D eigenvalue weighted by Crippen LogP contribution is -2.28. The first-order valence-electron chi connectivity index (χ1n) is 9.89. The number of carbonyl (C=O) groups is 1. The number of hydrogen-bond acceptors (Lipinski definition) is 8. The quantitative estimate of drug-likeness (QED) is 0.489. The van der Waals surface area contributed by atoms with Gasteiger partial charge in [-0.15, -0.1) is 5.10 Å². The number of likely N-dealkylation sites (tertiary alicyclic amines) is 1. The fourth-order valence-electron chi connectivity index (χ4n) is 3.71. The first-order chi connectivity index (χ1) is 15.4. The molecule has 0 aliphatic carbocycles. The minimum Gasteiger partial charge on any atom is -0.478 e. The molecule has 1 aliphatic rings. The Labute approximate surface area is 189 Å². The van der Waals surface area contributed by atoms with Crippen molar-refractivity contribution in [3.63, 3.8) is 0 Å². The molecular weight excluding hydrogens is 438 g/mol. The van der Waals surface area contributed by atoms with Crippen molar-refractivity contribution in [1.82, 2.24) is 29.6 Å². The van der Waals surface area contributed by atoms with Crippen molar-refractivity contribution in [2.24, 2.45) is 13.0 Å². The molecule has 1 amide bonds. The molecule has 0 aromatic carbocycles. The van der Waals surface area contributed by atoms with Gasteiger partial charge in [0.25, 0.3) is 5.88 Å². The molecule has 170 valence electrons. The highest BCUT2D eigenvalue weighted by molar-refractivity contribution is 6.35. The van der Waals surface area contributed by atoms with Crippen molar-refractivity contribution in [1.29, 1.82) is 0 Å². The fraction of sp³-hybridized carbons (Fsp3) is 0.400. The standard InChI is InChI=1S/C20H24ClN7O4/c1-5-15(29)28-7-11(14(9-28)30-3)10-32-19-16-12(21)6-22-17(16)24-20(25-19)23-13-8-27(2)26-18(13)31-4/h5-6,8,11,14H,1,7,9-10H2,2-4H3,(H2,22,23,24,25)/t11-,14+/m1/s1. The van der Waals surface area contributed by atoms with Crippen LogP contribution in [0.15, 0.2) is 25.0 Å². The zero-order chi connectivity index (χ0) is 22.8. The predicted octanol–water partition coefficient (Wildman–Crippen LogP) is 2.14. The van der Waals surface area contributed by atoms with Crippen LogP contribution in [-0.2, 0) is 16.6 Å². The van der Waals surface area contributed by atoms with Gasteiger partial charge < -0.3 is 29.4 Å². The van der Waals surface area contributed by atoms with Gasteiger partial charge in [-0.3, -0.25) is 9.48 Å². The Hall–Kier alpha value is -3.31. The lowest BCUT2D eigenvalue weighted by atomic mass is 10.1. The molecule has 4 heterocycles. The summed E-state index contributed by atoms with van der Waals surface area (Å²) in [5, 5.41) is 8.33. The molecule has 1 aliphatic heterocycles. The summed E-state index contributed by atoms with van der Waals surface area (Å²) in [5.41, 5.74) is 1.12. The van der Waals surface area contributed by atoms with Gasteiger partial charge in [0.1, 0.15) is 11.3 Å². The minimum atomic E-state index is -0.157. The number of rotatable bonds is 8. The van der Waals surface area contributed by atoms with Crippen LogP contribution < -0.4 is 14.8 Å². The third-order valence-electron chi connectivity index (χ3n) is 5.29. The zero-order valence-corrected chi connectivity index (χ0v) is 18.7. The number of aromatic amines is 1. The number of nitrogens with zero attached hydrogens (tertiary/aromatic N) is 5. The maximum absolute atomic E-state index is 12.0. The summed E-state index contributed by atoms with van der Waals surface area (Å²) in [6.45, 7) is 4.81. The van der Waals surface area contributed by atoms with Gasteiger partial charge in [0, 0.05) is 39.4 Å². The number of H-pyrrole nitrogens is 1. The first-order valence-corrected chi connectivity index (χ1v) is 10.3. The van der Waals surface area contributed by atoms with Crippen LogP contribution in [-0.4, -0.2) is 75.6 Å². The Bertz CT molecular complexity index is 1140. The van der Waals surface area contributed by atoms with Gasteiger partial charge >= 0.3 is 0 Å². The number of aromatic nitrogens is 5. The largest absolute Gasteiger partial charge is 0.478 e. The number of methoxy groups -OCH3 is 2. The summed E-state index contributed by atoms with van der Waals surface area (Å²) in [5.74, 6) is 0.834. The molecule has 3 aromatic heterocycles. The van der Waals surface area contributed by atoms with Crippen LogP contribution in [0.25, 0.3) is 11.0 Å². The Morgan fingerprint density at radius 1 is 1.38 bits per heavy atom. The smallest absolute Gasteiger partial charge is 0.256 e. The number of hydrogen-bond donors (Lipinski definition) is 2. The third kappa shape index (κ3) is 4.21. The van der Waals surface area contributed by atoms with Gasteiger partial charge in [-0.05, 0) is 6.08 Å². The van der Waals surface area contributed by atoms with E-state index in [9.17, 15) is 4.79 Å². The number of fused-ring (bicyclic) bond motifs is 1. The Kier molecular flexibility index (Phi) is 6.19. The number of aryl methyl sites for hydroxylation is 1. The summed E-state index contributed by atoms with van der Waals surface area (Å²) in [6.07, 6.45) is 4.52. The highest BCUT2D eigenvalue weighted by Crippen LogP contribution is 2.33. The van der Waals surface area contributed by atoms with E-state index in [1.807, 2.05) is 0 Å². The molecule has 2 atom stereocenters. The average Bonchev–Trinajstić information content (AvgIpc) is 3.48. The third-order valence-corrected chi connectivity index (χ3v) is 5.59. The lowest BCUT2D eigenvalue weighted by Gasteiger charge is -2.17. The molecule has 0 unspecified atom stereocenters. The van der Waals surface area contributed by atoms with E-state index in [-0.39, 0.29) is 30.5 Å². The van der Waals surface area contributed by atoms with E-state index in [1.165, 1.54) is 13.2 Å². The maximum Gasteiger partial charge on any atom is 0.256 e. The van der Waals surface area contributed by atoms with E-state index in [0.717, 1.165) is 0 Å². The fourth-order valence-corrected chi connectivity index (χ4v) is 3.94. The van der Waals surface area contributed by atoms with Gasteiger partial charge in [0.2, 0.25) is 17.7 Å². The van der Waals surface area contributed by atoms with Gasteiger partial charge in [0.05, 0.1) is 36.4 Å². The average molecular weight is 462 g/mol. The molecule has 11 nitrogen and oxygen atoms in total. The summed E-state index contributed by atoms with van der Waals surface area (Å²) >= 11 is 6.34. The molecule has 0 spiro atoms. The first kappa shape index (κ1) is 21.9. The lowest BCUT2D eigenvalue weighted by molar-refractivity contribution is -0.125. The molecular formula is C20H24ClN7O4. The van der Waals surface area contributed by atoms with Gasteiger partial charge in [-0.25, -0.2) is 0 Å². The number of carbonyl (C=O) groups excluding carboxylic acids is 1. The normalized spacial score (nSPS) is 18.2. The van der Waals surface area contributed by atoms with Gasteiger partial charge in [-0.2, -0.15) is 9.97 Å². The summed E-state index contributed by atoms with van der Waals surface area (Å²) < 4.78 is 18.5. The van der Waals surface area contributed by atoms with Crippen molar-refractivity contribution >= 4 is 40.2 Å². The van der Waals surface area contributed by atoms with Gasteiger partial charge in [0.15, 0.2) is 0 Å². The second-order valence-corrected chi connectivity index (χ2v) is 7.76. The van der Waals surface area contributed by atoms with E-state index >= 15 is 0 Å². The molecule has 3 aromatic rings. The Balaban J connectivity index is 1.58. The molecule has 0 saturated carbocycles. The van der Waals surface area contributed by atoms with E-state index in [4.69, 9.17) is 25.8 Å². The molecule has 0 bridgehead atoms. The monoisotopic (exact) mass is 461 g/mol. The topological polar surface area (TPSA) is 119 Å². The molecule has 1 fully saturated rings. The highest BCUT2D eigenvalue weighted by atomic mass is 35.5. The SMILES string of the molecule is C=CC(=O)N1C[C@H](COc2nc(Nc3cn(C)nc3OC)nc3[nH]cc(Cl)c23)[C@@H](OC)C1. The van der Waals surface area contributed by atoms with Crippen LogP contribution >= 0.6 is 11.6 Å². The molecule has 0 radical (unpaired) electrons. The van der Waals surface area contributed by atoms with Crippen LogP contribution in [0.4, 0.5) is 11.6 Å². The molecule has 12 heteroatoms. The Morgan fingerprint density at radius 2 is 2.19 bits per heavy atom.